The van der Waals surface area contributed by atoms with Gasteiger partial charge in [-0.15, -0.1) is 0 Å². The summed E-state index contributed by atoms with van der Waals surface area (Å²) in [6, 6.07) is -9.88. The molecule has 48 nitrogen and oxygen atoms in total. The molecule has 1 aromatic rings. The summed E-state index contributed by atoms with van der Waals surface area (Å²) in [5.41, 5.74) is 39.8. The number of aliphatic carboxylic acids is 1. The number of benzene rings is 1. The lowest BCUT2D eigenvalue weighted by Gasteiger charge is -2.32. The van der Waals surface area contributed by atoms with Crippen LogP contribution in [0.4, 0.5) is 0 Å². The number of carbonyl (C=O) groups is 15. The number of rotatable bonds is 54. The first-order valence-electron chi connectivity index (χ1n) is 43.3. The second-order valence-electron chi connectivity index (χ2n) is 32.4. The summed E-state index contributed by atoms with van der Waals surface area (Å²) in [5, 5.41) is 98.1. The molecular weight excluding hydrogens is 1660 g/mol. The molecule has 36 N–H and O–H groups in total. The number of nitrogens with one attached hydrogen (secondary N) is 20. The van der Waals surface area contributed by atoms with Crippen LogP contribution in [-0.4, -0.2) is 311 Å². The number of carboxylic acids is 1. The molecule has 14 amide bonds. The molecule has 4 aliphatic heterocycles. The Hall–Kier alpha value is -12.5. The Morgan fingerprint density at radius 3 is 1.24 bits per heavy atom. The fourth-order valence-corrected chi connectivity index (χ4v) is 15.3. The summed E-state index contributed by atoms with van der Waals surface area (Å²) < 4.78 is 0. The predicted molar refractivity (Wildman–Crippen MR) is 466 cm³/mol. The molecule has 14 atom stereocenters. The Balaban J connectivity index is 1.28. The normalized spacial score (nSPS) is 18.2. The molecule has 0 bridgehead atoms. The maximum atomic E-state index is 15.0. The number of nitrogens with two attached hydrogens (primary N) is 7. The van der Waals surface area contributed by atoms with Crippen molar-refractivity contribution in [3.05, 3.63) is 35.9 Å². The number of aliphatic hydroxyl groups is 1. The minimum absolute atomic E-state index is 0.00858. The highest BCUT2D eigenvalue weighted by Gasteiger charge is 2.46. The third-order valence-corrected chi connectivity index (χ3v) is 22.0. The topological polar surface area (TPSA) is 791 Å². The van der Waals surface area contributed by atoms with Crippen molar-refractivity contribution in [3.63, 3.8) is 0 Å². The summed E-state index contributed by atoms with van der Waals surface area (Å²) in [6.07, 6.45) is 3.60. The van der Waals surface area contributed by atoms with Gasteiger partial charge < -0.3 is 150 Å². The van der Waals surface area contributed by atoms with Gasteiger partial charge in [-0.3, -0.25) is 94.2 Å². The summed E-state index contributed by atoms with van der Waals surface area (Å²) in [7, 11) is 0. The van der Waals surface area contributed by atoms with Gasteiger partial charge in [0.05, 0.1) is 19.2 Å². The first-order valence-corrected chi connectivity index (χ1v) is 43.3. The Labute approximate surface area is 737 Å². The van der Waals surface area contributed by atoms with E-state index in [1.54, 1.807) is 44.2 Å². The Morgan fingerprint density at radius 1 is 0.402 bits per heavy atom. The second kappa shape index (κ2) is 54.4. The highest BCUT2D eigenvalue weighted by molar-refractivity contribution is 6.01. The van der Waals surface area contributed by atoms with Gasteiger partial charge in [0.25, 0.3) is 0 Å². The van der Waals surface area contributed by atoms with Gasteiger partial charge in [0.15, 0.2) is 29.8 Å². The minimum Gasteiger partial charge on any atom is -0.480 e. The summed E-state index contributed by atoms with van der Waals surface area (Å²) in [4.78, 5) is 217. The Morgan fingerprint density at radius 2 is 0.772 bits per heavy atom. The lowest BCUT2D eigenvalue weighted by atomic mass is 10.0. The number of unbranched alkanes of at least 4 members (excludes halogenated alkanes) is 1. The number of carboxylic acid groups (broad SMARTS) is 1. The van der Waals surface area contributed by atoms with Crippen molar-refractivity contribution < 1.29 is 82.1 Å². The number of amides is 14. The maximum absolute atomic E-state index is 15.0. The van der Waals surface area contributed by atoms with E-state index in [0.717, 1.165) is 4.90 Å². The smallest absolute Gasteiger partial charge is 0.326 e. The predicted octanol–water partition coefficient (Wildman–Crippen LogP) is -8.41. The molecule has 4 heterocycles. The first kappa shape index (κ1) is 105. The van der Waals surface area contributed by atoms with E-state index in [9.17, 15) is 77.3 Å². The van der Waals surface area contributed by atoms with E-state index in [1.807, 2.05) is 0 Å². The van der Waals surface area contributed by atoms with E-state index >= 15 is 4.79 Å². The SMILES string of the molecule is CC(C)CC(NC(=O)C1CCCN1C(=O)C(CO)NC(=O)C(C)NC(=O)C1CCCN1C(=O)C(CCCNC(=N)N)NC(=O)C(Cc1ccccc1)NC(=O)C(CCCNC(=N)N)NC(=O)C(CCCNC(=N)N)NC(=O)C(N)CCCNC(=N)N)C(=O)NC(CCCNC(=N)N)C(=O)NCC(=O)N1CCCC1C(=O)N1CCCC1C(=O)NC(CCCCN)C(=O)O. The fourth-order valence-electron chi connectivity index (χ4n) is 15.3. The molecule has 14 unspecified atom stereocenters. The van der Waals surface area contributed by atoms with Crippen LogP contribution in [0, 0.1) is 33.0 Å². The number of aliphatic hydroxyl groups excluding tert-OH is 1. The van der Waals surface area contributed by atoms with Gasteiger partial charge in [-0.1, -0.05) is 44.2 Å². The monoisotopic (exact) mass is 1790 g/mol. The highest BCUT2D eigenvalue weighted by atomic mass is 16.4. The van der Waals surface area contributed by atoms with Crippen molar-refractivity contribution in [2.24, 2.45) is 46.1 Å². The lowest BCUT2D eigenvalue weighted by Crippen LogP contribution is -2.60. The van der Waals surface area contributed by atoms with Crippen LogP contribution in [0.3, 0.4) is 0 Å². The summed E-state index contributed by atoms with van der Waals surface area (Å²) in [6.45, 7) is 4.33. The Bertz CT molecular complexity index is 3960. The van der Waals surface area contributed by atoms with Crippen LogP contribution in [0.15, 0.2) is 30.3 Å². The zero-order valence-corrected chi connectivity index (χ0v) is 72.6. The van der Waals surface area contributed by atoms with Crippen LogP contribution >= 0.6 is 0 Å². The standard InChI is InChI=1S/C79H135N31O17/c1-44(2)40-53(66(118)100-48(22-10-32-93-76(84)85)63(115)97-42-60(112)107-36-17-29-59(107)73(125)110-39-16-28-58(110)69(121)103-52(74(126)127)21-7-8-30-80)105-70(122)57-27-15-38-109(57)72(124)55(43-111)106-61(113)45(3)98-68(120)56-26-14-37-108(56)71(123)51(25-13-35-96-79(90)91)102-67(119)54(41-46-18-5-4-6-19-46)104-65(117)50(24-12-34-95-78(88)89)101-64(116)49(23-11-33-94-77(86)87)99-62(114)47(81)20-9-31-92-75(82)83/h4-6,18-19,44-45,47-59,111H,7-17,20-43,80-81H2,1-3H3,(H,97,115)(H,98,120)(H,99,114)(H,100,118)(H,101,116)(H,102,119)(H,103,121)(H,104,117)(H,105,122)(H,106,113)(H,126,127)(H4,82,83,92)(H4,84,85,93)(H4,86,87,94)(H4,88,89,95)(H4,90,91,96). The second-order valence-corrected chi connectivity index (χ2v) is 32.4. The average Bonchev–Trinajstić information content (AvgIpc) is 1.69. The quantitative estimate of drug-likeness (QED) is 0.0164. The van der Waals surface area contributed by atoms with Crippen molar-refractivity contribution in [1.29, 1.82) is 27.0 Å². The third kappa shape index (κ3) is 35.8. The summed E-state index contributed by atoms with van der Waals surface area (Å²) >= 11 is 0. The molecule has 127 heavy (non-hydrogen) atoms. The largest absolute Gasteiger partial charge is 0.480 e. The number of nitrogens with zero attached hydrogens (tertiary/aromatic N) is 4. The van der Waals surface area contributed by atoms with E-state index < -0.39 is 192 Å². The zero-order chi connectivity index (χ0) is 94.0. The molecule has 0 aromatic heterocycles. The van der Waals surface area contributed by atoms with Crippen LogP contribution in [0.1, 0.15) is 168 Å². The molecule has 0 radical (unpaired) electrons. The first-order chi connectivity index (χ1) is 60.3. The van der Waals surface area contributed by atoms with Crippen LogP contribution in [0.25, 0.3) is 0 Å². The van der Waals surface area contributed by atoms with Gasteiger partial charge in [0.2, 0.25) is 82.7 Å². The van der Waals surface area contributed by atoms with E-state index in [-0.39, 0.29) is 204 Å². The third-order valence-electron chi connectivity index (χ3n) is 22.0. The van der Waals surface area contributed by atoms with Gasteiger partial charge in [-0.2, -0.15) is 0 Å². The molecule has 0 aliphatic carbocycles. The molecule has 4 saturated heterocycles. The molecule has 0 spiro atoms. The van der Waals surface area contributed by atoms with Crippen molar-refractivity contribution in [2.75, 3.05) is 78.6 Å². The number of hydrogen-bond donors (Lipinski definition) is 29. The fraction of sp³-hybridized carbons (Fsp3) is 0.671. The van der Waals surface area contributed by atoms with Gasteiger partial charge >= 0.3 is 5.97 Å². The molecule has 4 fully saturated rings. The van der Waals surface area contributed by atoms with Gasteiger partial charge in [0.1, 0.15) is 78.5 Å². The number of guanidine groups is 5. The van der Waals surface area contributed by atoms with Gasteiger partial charge in [-0.05, 0) is 166 Å². The zero-order valence-electron chi connectivity index (χ0n) is 72.6. The van der Waals surface area contributed by atoms with E-state index in [1.165, 1.54) is 21.6 Å². The molecule has 0 saturated carbocycles. The van der Waals surface area contributed by atoms with Crippen LogP contribution < -0.4 is 120 Å². The number of carbonyl (C=O) groups excluding carboxylic acids is 14. The van der Waals surface area contributed by atoms with E-state index in [2.05, 4.69) is 79.8 Å². The van der Waals surface area contributed by atoms with Crippen molar-refractivity contribution in [2.45, 2.75) is 253 Å². The van der Waals surface area contributed by atoms with E-state index in [4.69, 9.17) is 67.2 Å². The van der Waals surface area contributed by atoms with Crippen molar-refractivity contribution in [3.8, 4) is 0 Å². The highest BCUT2D eigenvalue weighted by Crippen LogP contribution is 2.27. The van der Waals surface area contributed by atoms with Crippen molar-refractivity contribution in [1.82, 2.24) is 99.4 Å². The minimum atomic E-state index is -1.70. The van der Waals surface area contributed by atoms with Crippen molar-refractivity contribution >= 4 is 118 Å². The molecule has 708 valence electrons. The van der Waals surface area contributed by atoms with Crippen LogP contribution in [-0.2, 0) is 78.3 Å². The molecule has 4 aliphatic rings. The molecular formula is C79H135N31O17. The number of likely N-dealkylation sites (tertiary alicyclic amines) is 4. The average molecular weight is 1790 g/mol. The van der Waals surface area contributed by atoms with Crippen LogP contribution in [0.5, 0.6) is 0 Å². The Kier molecular flexibility index (Phi) is 45.0. The molecule has 1 aromatic carbocycles. The van der Waals surface area contributed by atoms with Crippen LogP contribution in [0.2, 0.25) is 0 Å². The van der Waals surface area contributed by atoms with Gasteiger partial charge in [0, 0.05) is 65.3 Å². The maximum Gasteiger partial charge on any atom is 0.326 e. The van der Waals surface area contributed by atoms with Gasteiger partial charge in [-0.25, -0.2) is 4.79 Å². The lowest BCUT2D eigenvalue weighted by molar-refractivity contribution is -0.147. The number of hydrogen-bond acceptors (Lipinski definition) is 23. The molecule has 48 heteroatoms. The van der Waals surface area contributed by atoms with E-state index in [0.29, 0.717) is 44.2 Å². The summed E-state index contributed by atoms with van der Waals surface area (Å²) in [5.74, 6) is -14.3. The molecule has 5 rings (SSSR count).